The molecule has 1 fully saturated rings. The average Bonchev–Trinajstić information content (AvgIpc) is 3.09. The molecule has 0 radical (unpaired) electrons. The van der Waals surface area contributed by atoms with E-state index in [0.717, 1.165) is 36.6 Å². The number of phenolic OH excluding ortho intramolecular Hbond substituents is 1. The summed E-state index contributed by atoms with van der Waals surface area (Å²) in [5, 5.41) is 11.8. The molecule has 1 aliphatic rings. The van der Waals surface area contributed by atoms with Crippen LogP contribution in [0.5, 0.6) is 5.75 Å². The van der Waals surface area contributed by atoms with Gasteiger partial charge in [0, 0.05) is 16.5 Å². The number of benzene rings is 1. The number of rotatable bonds is 1. The minimum atomic E-state index is -0.383. The van der Waals surface area contributed by atoms with Crippen molar-refractivity contribution in [3.8, 4) is 5.75 Å². The van der Waals surface area contributed by atoms with Crippen LogP contribution in [0.3, 0.4) is 0 Å². The summed E-state index contributed by atoms with van der Waals surface area (Å²) in [5.41, 5.74) is 8.38. The summed E-state index contributed by atoms with van der Waals surface area (Å²) in [6.07, 6.45) is 7.30. The topological polar surface area (TPSA) is 72.5 Å². The lowest BCUT2D eigenvalue weighted by Gasteiger charge is -2.25. The van der Waals surface area contributed by atoms with Gasteiger partial charge in [-0.25, -0.2) is 0 Å². The number of hydrogen-bond acceptors (Lipinski definition) is 4. The summed E-state index contributed by atoms with van der Waals surface area (Å²) >= 11 is 0. The van der Waals surface area contributed by atoms with E-state index >= 15 is 0 Å². The Kier molecular flexibility index (Phi) is 2.04. The molecule has 4 rings (SSSR count). The Hall–Kier alpha value is -1.94. The zero-order valence-corrected chi connectivity index (χ0v) is 10.5. The lowest BCUT2D eigenvalue weighted by Crippen LogP contribution is -2.33. The van der Waals surface area contributed by atoms with E-state index in [-0.39, 0.29) is 11.3 Å². The lowest BCUT2D eigenvalue weighted by atomic mass is 9.86. The number of nitrogens with two attached hydrogens (primary N) is 1. The van der Waals surface area contributed by atoms with Crippen molar-refractivity contribution in [1.29, 1.82) is 0 Å². The Morgan fingerprint density at radius 1 is 1.00 bits per heavy atom. The van der Waals surface area contributed by atoms with Crippen LogP contribution < -0.4 is 5.73 Å². The first-order chi connectivity index (χ1) is 9.21. The van der Waals surface area contributed by atoms with Gasteiger partial charge >= 0.3 is 0 Å². The third-order valence-corrected chi connectivity index (χ3v) is 4.29. The molecule has 0 bridgehead atoms. The molecule has 0 amide bonds. The number of furan rings is 2. The van der Waals surface area contributed by atoms with Gasteiger partial charge in [-0.1, -0.05) is 12.8 Å². The maximum Gasteiger partial charge on any atom is 0.176 e. The number of hydrogen-bond donors (Lipinski definition) is 2. The molecule has 98 valence electrons. The normalized spacial score (nSPS) is 18.6. The molecule has 19 heavy (non-hydrogen) atoms. The van der Waals surface area contributed by atoms with Gasteiger partial charge in [0.15, 0.2) is 11.3 Å². The molecule has 0 spiro atoms. The van der Waals surface area contributed by atoms with Crippen LogP contribution in [-0.2, 0) is 5.54 Å². The van der Waals surface area contributed by atoms with Crippen molar-refractivity contribution in [2.75, 3.05) is 0 Å². The van der Waals surface area contributed by atoms with E-state index in [9.17, 15) is 5.11 Å². The Balaban J connectivity index is 2.18. The number of aromatic hydroxyl groups is 1. The standard InChI is InChI=1S/C15H15NO3/c16-15(5-1-2-6-15)11-9-3-7-19-14(9)12(17)10-4-8-18-13(10)11/h3-4,7-8,17H,1-2,5-6,16H2. The van der Waals surface area contributed by atoms with Gasteiger partial charge in [-0.15, -0.1) is 0 Å². The van der Waals surface area contributed by atoms with Crippen LogP contribution in [0.2, 0.25) is 0 Å². The fourth-order valence-electron chi connectivity index (χ4n) is 3.37. The highest BCUT2D eigenvalue weighted by atomic mass is 16.4. The van der Waals surface area contributed by atoms with E-state index in [1.165, 1.54) is 0 Å². The van der Waals surface area contributed by atoms with Gasteiger partial charge in [-0.2, -0.15) is 0 Å². The van der Waals surface area contributed by atoms with Crippen LogP contribution in [0.25, 0.3) is 21.9 Å². The van der Waals surface area contributed by atoms with E-state index in [1.54, 1.807) is 18.6 Å². The predicted molar refractivity (Wildman–Crippen MR) is 72.0 cm³/mol. The largest absolute Gasteiger partial charge is 0.504 e. The van der Waals surface area contributed by atoms with Crippen LogP contribution in [0.4, 0.5) is 0 Å². The van der Waals surface area contributed by atoms with Crippen LogP contribution in [-0.4, -0.2) is 5.11 Å². The minimum absolute atomic E-state index is 0.133. The molecule has 2 aromatic heterocycles. The zero-order valence-electron chi connectivity index (χ0n) is 10.5. The second-order valence-corrected chi connectivity index (χ2v) is 5.41. The van der Waals surface area contributed by atoms with Gasteiger partial charge in [0.1, 0.15) is 5.58 Å². The van der Waals surface area contributed by atoms with E-state index in [0.29, 0.717) is 16.6 Å². The minimum Gasteiger partial charge on any atom is -0.504 e. The zero-order chi connectivity index (χ0) is 13.0. The molecule has 0 aliphatic heterocycles. The summed E-state index contributed by atoms with van der Waals surface area (Å²) in [4.78, 5) is 0. The van der Waals surface area contributed by atoms with Crippen molar-refractivity contribution in [1.82, 2.24) is 0 Å². The highest BCUT2D eigenvalue weighted by Gasteiger charge is 2.36. The van der Waals surface area contributed by atoms with Crippen LogP contribution in [0.15, 0.2) is 33.5 Å². The van der Waals surface area contributed by atoms with Crippen molar-refractivity contribution in [3.05, 3.63) is 30.2 Å². The highest BCUT2D eigenvalue weighted by Crippen LogP contribution is 2.47. The van der Waals surface area contributed by atoms with Gasteiger partial charge in [0.25, 0.3) is 0 Å². The van der Waals surface area contributed by atoms with E-state index in [4.69, 9.17) is 14.6 Å². The number of fused-ring (bicyclic) bond motifs is 2. The van der Waals surface area contributed by atoms with Crippen molar-refractivity contribution in [3.63, 3.8) is 0 Å². The summed E-state index contributed by atoms with van der Waals surface area (Å²) in [7, 11) is 0. The molecule has 1 aromatic carbocycles. The molecule has 0 unspecified atom stereocenters. The molecule has 4 nitrogen and oxygen atoms in total. The van der Waals surface area contributed by atoms with Gasteiger partial charge in [0.05, 0.1) is 17.9 Å². The Labute approximate surface area is 109 Å². The smallest absolute Gasteiger partial charge is 0.176 e. The van der Waals surface area contributed by atoms with E-state index in [2.05, 4.69) is 0 Å². The summed E-state index contributed by atoms with van der Waals surface area (Å²) in [5.74, 6) is 0.133. The maximum absolute atomic E-state index is 10.2. The molecule has 3 aromatic rings. The van der Waals surface area contributed by atoms with Gasteiger partial charge in [-0.3, -0.25) is 0 Å². The number of phenols is 1. The fraction of sp³-hybridized carbons (Fsp3) is 0.333. The van der Waals surface area contributed by atoms with E-state index in [1.807, 2.05) is 6.07 Å². The van der Waals surface area contributed by atoms with Crippen molar-refractivity contribution >= 4 is 21.9 Å². The molecule has 1 aliphatic carbocycles. The third kappa shape index (κ3) is 1.32. The second kappa shape index (κ2) is 3.54. The maximum atomic E-state index is 10.2. The van der Waals surface area contributed by atoms with Crippen LogP contribution >= 0.6 is 0 Å². The monoisotopic (exact) mass is 257 g/mol. The molecule has 1 saturated carbocycles. The fourth-order valence-corrected chi connectivity index (χ4v) is 3.37. The summed E-state index contributed by atoms with van der Waals surface area (Å²) in [6, 6.07) is 3.62. The van der Waals surface area contributed by atoms with Gasteiger partial charge in [0.2, 0.25) is 0 Å². The average molecular weight is 257 g/mol. The Morgan fingerprint density at radius 3 is 2.37 bits per heavy atom. The van der Waals surface area contributed by atoms with Gasteiger partial charge < -0.3 is 19.7 Å². The Bertz CT molecular complexity index is 710. The molecular formula is C15H15NO3. The molecule has 4 heteroatoms. The molecule has 2 heterocycles. The lowest BCUT2D eigenvalue weighted by molar-refractivity contribution is 0.454. The highest BCUT2D eigenvalue weighted by molar-refractivity contribution is 6.04. The second-order valence-electron chi connectivity index (χ2n) is 5.41. The third-order valence-electron chi connectivity index (χ3n) is 4.29. The van der Waals surface area contributed by atoms with Crippen molar-refractivity contribution in [2.45, 2.75) is 31.2 Å². The first kappa shape index (κ1) is 10.9. The van der Waals surface area contributed by atoms with E-state index < -0.39 is 0 Å². The molecule has 0 saturated heterocycles. The molecular weight excluding hydrogens is 242 g/mol. The first-order valence-corrected chi connectivity index (χ1v) is 6.59. The SMILES string of the molecule is NC1(c2c3ccoc3c(O)c3ccoc23)CCCC1. The van der Waals surface area contributed by atoms with Crippen LogP contribution in [0, 0.1) is 0 Å². The summed E-state index contributed by atoms with van der Waals surface area (Å²) in [6.45, 7) is 0. The predicted octanol–water partition coefficient (Wildman–Crippen LogP) is 3.61. The first-order valence-electron chi connectivity index (χ1n) is 6.59. The summed E-state index contributed by atoms with van der Waals surface area (Å²) < 4.78 is 11.0. The quantitative estimate of drug-likeness (QED) is 0.698. The Morgan fingerprint density at radius 2 is 1.63 bits per heavy atom. The van der Waals surface area contributed by atoms with Crippen LogP contribution in [0.1, 0.15) is 31.2 Å². The van der Waals surface area contributed by atoms with Crippen molar-refractivity contribution < 1.29 is 13.9 Å². The van der Waals surface area contributed by atoms with Gasteiger partial charge in [-0.05, 0) is 25.0 Å². The van der Waals surface area contributed by atoms with Crippen molar-refractivity contribution in [2.24, 2.45) is 5.73 Å². The molecule has 0 atom stereocenters. The molecule has 3 N–H and O–H groups in total.